The van der Waals surface area contributed by atoms with Crippen LogP contribution in [0.3, 0.4) is 0 Å². The predicted octanol–water partition coefficient (Wildman–Crippen LogP) is 4.96. The van der Waals surface area contributed by atoms with E-state index in [0.29, 0.717) is 0 Å². The average molecular weight is 359 g/mol. The third kappa shape index (κ3) is 4.38. The molecule has 0 amide bonds. The van der Waals surface area contributed by atoms with E-state index in [9.17, 15) is 5.11 Å². The lowest BCUT2D eigenvalue weighted by atomic mass is 9.84. The lowest BCUT2D eigenvalue weighted by molar-refractivity contribution is -0.0277. The van der Waals surface area contributed by atoms with Gasteiger partial charge >= 0.3 is 0 Å². The highest BCUT2D eigenvalue weighted by Gasteiger charge is 2.33. The SMILES string of the molecule is OC1(c2ccc(Oc3ccccc3)cc2)CCN(Cc2ccccc2)CC1. The van der Waals surface area contributed by atoms with Gasteiger partial charge in [-0.1, -0.05) is 60.7 Å². The molecule has 1 aliphatic heterocycles. The maximum atomic E-state index is 11.1. The first-order valence-electron chi connectivity index (χ1n) is 9.53. The van der Waals surface area contributed by atoms with Crippen molar-refractivity contribution in [3.8, 4) is 11.5 Å². The fourth-order valence-electron chi connectivity index (χ4n) is 3.67. The van der Waals surface area contributed by atoms with Gasteiger partial charge in [0.25, 0.3) is 0 Å². The normalized spacial score (nSPS) is 16.8. The summed E-state index contributed by atoms with van der Waals surface area (Å²) in [7, 11) is 0. The third-order valence-electron chi connectivity index (χ3n) is 5.30. The average Bonchev–Trinajstić information content (AvgIpc) is 2.72. The predicted molar refractivity (Wildman–Crippen MR) is 108 cm³/mol. The Morgan fingerprint density at radius 1 is 0.741 bits per heavy atom. The van der Waals surface area contributed by atoms with E-state index < -0.39 is 5.60 Å². The lowest BCUT2D eigenvalue weighted by Crippen LogP contribution is -2.42. The number of hydrogen-bond donors (Lipinski definition) is 1. The maximum absolute atomic E-state index is 11.1. The number of ether oxygens (including phenoxy) is 1. The zero-order valence-corrected chi connectivity index (χ0v) is 15.4. The van der Waals surface area contributed by atoms with Crippen molar-refractivity contribution < 1.29 is 9.84 Å². The zero-order chi connectivity index (χ0) is 18.5. The summed E-state index contributed by atoms with van der Waals surface area (Å²) in [5.74, 6) is 1.60. The Hall–Kier alpha value is -2.62. The second kappa shape index (κ2) is 7.95. The van der Waals surface area contributed by atoms with E-state index in [4.69, 9.17) is 4.74 Å². The minimum absolute atomic E-state index is 0.749. The molecular formula is C24H25NO2. The summed E-state index contributed by atoms with van der Waals surface area (Å²) in [5.41, 5.74) is 1.55. The number of aliphatic hydroxyl groups is 1. The summed E-state index contributed by atoms with van der Waals surface area (Å²) in [6.07, 6.45) is 1.50. The first-order valence-corrected chi connectivity index (χ1v) is 9.53. The smallest absolute Gasteiger partial charge is 0.127 e. The molecule has 3 aromatic rings. The molecule has 0 radical (unpaired) electrons. The van der Waals surface area contributed by atoms with E-state index in [2.05, 4.69) is 29.2 Å². The van der Waals surface area contributed by atoms with Crippen molar-refractivity contribution in [1.29, 1.82) is 0 Å². The minimum atomic E-state index is -0.752. The van der Waals surface area contributed by atoms with Gasteiger partial charge < -0.3 is 9.84 Å². The Labute approximate surface area is 160 Å². The van der Waals surface area contributed by atoms with Crippen molar-refractivity contribution in [3.05, 3.63) is 96.1 Å². The molecule has 3 nitrogen and oxygen atoms in total. The molecule has 0 aliphatic carbocycles. The molecular weight excluding hydrogens is 334 g/mol. The van der Waals surface area contributed by atoms with Gasteiger partial charge in [-0.05, 0) is 48.2 Å². The van der Waals surface area contributed by atoms with Crippen molar-refractivity contribution in [3.63, 3.8) is 0 Å². The van der Waals surface area contributed by atoms with Crippen LogP contribution in [0.2, 0.25) is 0 Å². The van der Waals surface area contributed by atoms with E-state index >= 15 is 0 Å². The topological polar surface area (TPSA) is 32.7 Å². The standard InChI is InChI=1S/C24H25NO2/c26-24(15-17-25(18-16-24)19-20-7-3-1-4-8-20)21-11-13-23(14-12-21)27-22-9-5-2-6-10-22/h1-14,26H,15-19H2. The van der Waals surface area contributed by atoms with Gasteiger partial charge in [0.05, 0.1) is 5.60 Å². The zero-order valence-electron chi connectivity index (χ0n) is 15.4. The van der Waals surface area contributed by atoms with Crippen LogP contribution in [-0.2, 0) is 12.1 Å². The van der Waals surface area contributed by atoms with Crippen LogP contribution >= 0.6 is 0 Å². The highest BCUT2D eigenvalue weighted by atomic mass is 16.5. The molecule has 1 saturated heterocycles. The van der Waals surface area contributed by atoms with E-state index in [0.717, 1.165) is 49.5 Å². The van der Waals surface area contributed by atoms with Gasteiger partial charge in [-0.3, -0.25) is 4.90 Å². The van der Waals surface area contributed by atoms with Crippen LogP contribution in [0.4, 0.5) is 0 Å². The molecule has 27 heavy (non-hydrogen) atoms. The highest BCUT2D eigenvalue weighted by molar-refractivity contribution is 5.35. The van der Waals surface area contributed by atoms with Crippen molar-refractivity contribution in [2.45, 2.75) is 25.0 Å². The molecule has 138 valence electrons. The Kier molecular flexibility index (Phi) is 5.23. The molecule has 0 spiro atoms. The summed E-state index contributed by atoms with van der Waals surface area (Å²) in [5, 5.41) is 11.1. The van der Waals surface area contributed by atoms with Crippen LogP contribution in [0.15, 0.2) is 84.9 Å². The lowest BCUT2D eigenvalue weighted by Gasteiger charge is -2.38. The quantitative estimate of drug-likeness (QED) is 0.699. The molecule has 0 unspecified atom stereocenters. The van der Waals surface area contributed by atoms with Crippen LogP contribution < -0.4 is 4.74 Å². The molecule has 1 fully saturated rings. The van der Waals surface area contributed by atoms with E-state index in [1.54, 1.807) is 0 Å². The number of likely N-dealkylation sites (tertiary alicyclic amines) is 1. The Morgan fingerprint density at radius 3 is 1.93 bits per heavy atom. The summed E-state index contributed by atoms with van der Waals surface area (Å²) in [6, 6.07) is 28.1. The fraction of sp³-hybridized carbons (Fsp3) is 0.250. The summed E-state index contributed by atoms with van der Waals surface area (Å²) in [6.45, 7) is 2.74. The second-order valence-corrected chi connectivity index (χ2v) is 7.23. The minimum Gasteiger partial charge on any atom is -0.457 e. The van der Waals surface area contributed by atoms with E-state index in [1.807, 2.05) is 60.7 Å². The summed E-state index contributed by atoms with van der Waals surface area (Å²) < 4.78 is 5.85. The number of hydrogen-bond acceptors (Lipinski definition) is 3. The molecule has 0 atom stereocenters. The van der Waals surface area contributed by atoms with Gasteiger partial charge in [0.1, 0.15) is 11.5 Å². The van der Waals surface area contributed by atoms with Crippen molar-refractivity contribution in [2.75, 3.05) is 13.1 Å². The number of nitrogens with zero attached hydrogens (tertiary/aromatic N) is 1. The van der Waals surface area contributed by atoms with Crippen molar-refractivity contribution in [1.82, 2.24) is 4.90 Å². The molecule has 1 aliphatic rings. The molecule has 0 bridgehead atoms. The molecule has 4 rings (SSSR count). The molecule has 1 heterocycles. The molecule has 3 heteroatoms. The van der Waals surface area contributed by atoms with Crippen LogP contribution in [0.1, 0.15) is 24.0 Å². The van der Waals surface area contributed by atoms with Crippen LogP contribution in [0, 0.1) is 0 Å². The highest BCUT2D eigenvalue weighted by Crippen LogP contribution is 2.34. The van der Waals surface area contributed by atoms with Gasteiger partial charge in [0.2, 0.25) is 0 Å². The fourth-order valence-corrected chi connectivity index (χ4v) is 3.67. The van der Waals surface area contributed by atoms with Crippen LogP contribution in [0.5, 0.6) is 11.5 Å². The van der Waals surface area contributed by atoms with Gasteiger partial charge in [0.15, 0.2) is 0 Å². The summed E-state index contributed by atoms with van der Waals surface area (Å²) in [4.78, 5) is 2.41. The molecule has 1 N–H and O–H groups in total. The Bertz CT molecular complexity index is 839. The van der Waals surface area contributed by atoms with Gasteiger partial charge in [-0.15, -0.1) is 0 Å². The van der Waals surface area contributed by atoms with Gasteiger partial charge in [-0.25, -0.2) is 0 Å². The molecule has 3 aromatic carbocycles. The number of piperidine rings is 1. The largest absolute Gasteiger partial charge is 0.457 e. The maximum Gasteiger partial charge on any atom is 0.127 e. The molecule has 0 saturated carbocycles. The second-order valence-electron chi connectivity index (χ2n) is 7.23. The van der Waals surface area contributed by atoms with Gasteiger partial charge in [-0.2, -0.15) is 0 Å². The number of para-hydroxylation sites is 1. The van der Waals surface area contributed by atoms with Crippen LogP contribution in [0.25, 0.3) is 0 Å². The van der Waals surface area contributed by atoms with E-state index in [1.165, 1.54) is 5.56 Å². The first-order chi connectivity index (χ1) is 13.2. The third-order valence-corrected chi connectivity index (χ3v) is 5.30. The monoisotopic (exact) mass is 359 g/mol. The van der Waals surface area contributed by atoms with Gasteiger partial charge in [0, 0.05) is 19.6 Å². The van der Waals surface area contributed by atoms with Crippen molar-refractivity contribution >= 4 is 0 Å². The summed E-state index contributed by atoms with van der Waals surface area (Å²) >= 11 is 0. The van der Waals surface area contributed by atoms with E-state index in [-0.39, 0.29) is 0 Å². The Balaban J connectivity index is 1.37. The number of rotatable bonds is 5. The van der Waals surface area contributed by atoms with Crippen molar-refractivity contribution in [2.24, 2.45) is 0 Å². The van der Waals surface area contributed by atoms with Crippen LogP contribution in [-0.4, -0.2) is 23.1 Å². The first kappa shape index (κ1) is 17.8. The Morgan fingerprint density at radius 2 is 1.30 bits per heavy atom. The molecule has 0 aromatic heterocycles. The number of benzene rings is 3.